The maximum Gasteiger partial charge on any atom is 0.148 e. The van der Waals surface area contributed by atoms with Crippen molar-refractivity contribution < 1.29 is 5.11 Å². The molecular weight excluding hydrogens is 212 g/mol. The zero-order valence-electron chi connectivity index (χ0n) is 8.56. The van der Waals surface area contributed by atoms with Crippen molar-refractivity contribution in [1.82, 2.24) is 9.97 Å². The zero-order valence-corrected chi connectivity index (χ0v) is 9.38. The first-order chi connectivity index (χ1) is 7.19. The molecule has 0 amide bonds. The Balaban J connectivity index is 2.92. The van der Waals surface area contributed by atoms with Gasteiger partial charge in [0.15, 0.2) is 0 Å². The van der Waals surface area contributed by atoms with Gasteiger partial charge in [-0.3, -0.25) is 0 Å². The maximum absolute atomic E-state index is 9.11. The molecule has 1 aromatic rings. The number of thioether (sulfide) groups is 1. The number of aliphatic hydroxyl groups is 1. The van der Waals surface area contributed by atoms with E-state index >= 15 is 0 Å². The highest BCUT2D eigenvalue weighted by atomic mass is 32.2. The molecule has 80 valence electrons. The summed E-state index contributed by atoms with van der Waals surface area (Å²) in [7, 11) is 0. The lowest BCUT2D eigenvalue weighted by atomic mass is 10.3. The molecule has 0 spiro atoms. The van der Waals surface area contributed by atoms with Crippen molar-refractivity contribution in [2.75, 3.05) is 18.1 Å². The van der Waals surface area contributed by atoms with E-state index in [-0.39, 0.29) is 0 Å². The van der Waals surface area contributed by atoms with Gasteiger partial charge >= 0.3 is 0 Å². The van der Waals surface area contributed by atoms with Crippen LogP contribution in [-0.2, 0) is 0 Å². The molecule has 5 nitrogen and oxygen atoms in total. The van der Waals surface area contributed by atoms with Gasteiger partial charge in [0.1, 0.15) is 28.8 Å². The number of hydrogen-bond donors (Lipinski definition) is 2. The molecule has 1 rings (SSSR count). The Morgan fingerprint density at radius 1 is 1.67 bits per heavy atom. The smallest absolute Gasteiger partial charge is 0.148 e. The number of hydrogen-bond acceptors (Lipinski definition) is 6. The highest BCUT2D eigenvalue weighted by Gasteiger charge is 2.10. The lowest BCUT2D eigenvalue weighted by Gasteiger charge is -2.09. The van der Waals surface area contributed by atoms with Crippen LogP contribution >= 0.6 is 11.8 Å². The molecule has 1 aromatic heterocycles. The topological polar surface area (TPSA) is 81.8 Å². The number of nitrogens with one attached hydrogen (secondary N) is 1. The first kappa shape index (κ1) is 11.8. The normalized spacial score (nSPS) is 11.9. The van der Waals surface area contributed by atoms with E-state index in [2.05, 4.69) is 15.3 Å². The Kier molecular flexibility index (Phi) is 4.34. The van der Waals surface area contributed by atoms with Crippen LogP contribution in [0.1, 0.15) is 12.5 Å². The van der Waals surface area contributed by atoms with Crippen molar-refractivity contribution in [1.29, 1.82) is 5.26 Å². The second-order valence-electron chi connectivity index (χ2n) is 2.95. The van der Waals surface area contributed by atoms with Gasteiger partial charge in [0.2, 0.25) is 0 Å². The molecule has 0 bridgehead atoms. The maximum atomic E-state index is 9.11. The summed E-state index contributed by atoms with van der Waals surface area (Å²) in [6.45, 7) is 2.02. The van der Waals surface area contributed by atoms with Crippen LogP contribution in [0.15, 0.2) is 11.4 Å². The predicted octanol–water partition coefficient (Wildman–Crippen LogP) is 0.863. The minimum absolute atomic E-state index is 0.361. The van der Waals surface area contributed by atoms with Crippen LogP contribution in [0.2, 0.25) is 0 Å². The Bertz CT molecular complexity index is 375. The molecule has 1 heterocycles. The minimum atomic E-state index is -0.482. The van der Waals surface area contributed by atoms with Crippen molar-refractivity contribution in [3.05, 3.63) is 11.9 Å². The quantitative estimate of drug-likeness (QED) is 0.583. The second kappa shape index (κ2) is 5.53. The fourth-order valence-corrected chi connectivity index (χ4v) is 1.50. The number of nitriles is 1. The van der Waals surface area contributed by atoms with Crippen LogP contribution in [0, 0.1) is 11.3 Å². The van der Waals surface area contributed by atoms with Crippen molar-refractivity contribution in [3.63, 3.8) is 0 Å². The first-order valence-electron chi connectivity index (χ1n) is 4.40. The number of aromatic nitrogens is 2. The van der Waals surface area contributed by atoms with Crippen LogP contribution in [-0.4, -0.2) is 34.0 Å². The van der Waals surface area contributed by atoms with Crippen molar-refractivity contribution >= 4 is 17.6 Å². The molecule has 0 saturated carbocycles. The molecule has 1 atom stereocenters. The fourth-order valence-electron chi connectivity index (χ4n) is 1.00. The molecule has 2 N–H and O–H groups in total. The Morgan fingerprint density at radius 3 is 2.93 bits per heavy atom. The van der Waals surface area contributed by atoms with E-state index in [0.717, 1.165) is 0 Å². The highest BCUT2D eigenvalue weighted by molar-refractivity contribution is 7.98. The van der Waals surface area contributed by atoms with Crippen LogP contribution < -0.4 is 5.32 Å². The summed E-state index contributed by atoms with van der Waals surface area (Å²) in [6.07, 6.45) is 2.77. The molecule has 0 aliphatic heterocycles. The molecule has 0 fully saturated rings. The molecule has 0 saturated heterocycles. The third kappa shape index (κ3) is 3.08. The van der Waals surface area contributed by atoms with E-state index in [1.165, 1.54) is 18.1 Å². The van der Waals surface area contributed by atoms with E-state index in [1.54, 1.807) is 6.92 Å². The average Bonchev–Trinajstić information content (AvgIpc) is 2.25. The number of aliphatic hydroxyl groups excluding tert-OH is 1. The molecule has 15 heavy (non-hydrogen) atoms. The molecule has 1 unspecified atom stereocenters. The van der Waals surface area contributed by atoms with Gasteiger partial charge in [0.25, 0.3) is 0 Å². The van der Waals surface area contributed by atoms with Crippen molar-refractivity contribution in [3.8, 4) is 6.07 Å². The van der Waals surface area contributed by atoms with E-state index in [4.69, 9.17) is 10.4 Å². The van der Waals surface area contributed by atoms with Gasteiger partial charge in [0, 0.05) is 6.54 Å². The summed E-state index contributed by atoms with van der Waals surface area (Å²) in [5.74, 6) is 0.470. The van der Waals surface area contributed by atoms with Gasteiger partial charge in [0.05, 0.1) is 6.10 Å². The first-order valence-corrected chi connectivity index (χ1v) is 5.62. The monoisotopic (exact) mass is 224 g/mol. The van der Waals surface area contributed by atoms with Crippen LogP contribution in [0.25, 0.3) is 0 Å². The van der Waals surface area contributed by atoms with Crippen LogP contribution in [0.3, 0.4) is 0 Å². The fraction of sp³-hybridized carbons (Fsp3) is 0.444. The van der Waals surface area contributed by atoms with E-state index in [9.17, 15) is 0 Å². The molecule has 0 aliphatic rings. The van der Waals surface area contributed by atoms with Crippen LogP contribution in [0.4, 0.5) is 5.82 Å². The van der Waals surface area contributed by atoms with Gasteiger partial charge in [-0.2, -0.15) is 5.26 Å². The summed E-state index contributed by atoms with van der Waals surface area (Å²) in [4.78, 5) is 7.94. The summed E-state index contributed by atoms with van der Waals surface area (Å²) in [6, 6.07) is 2.05. The average molecular weight is 224 g/mol. The number of anilines is 1. The zero-order chi connectivity index (χ0) is 11.3. The van der Waals surface area contributed by atoms with Gasteiger partial charge in [-0.05, 0) is 13.2 Å². The standard InChI is InChI=1S/C9H12N4OS/c1-6(14)4-11-8-7(3-10)9(15-2)13-5-12-8/h5-6,14H,4H2,1-2H3,(H,11,12,13). The van der Waals surface area contributed by atoms with E-state index < -0.39 is 6.10 Å². The van der Waals surface area contributed by atoms with Gasteiger partial charge in [-0.15, -0.1) is 11.8 Å². The summed E-state index contributed by atoms with van der Waals surface area (Å²) >= 11 is 1.39. The van der Waals surface area contributed by atoms with Gasteiger partial charge < -0.3 is 10.4 Å². The Hall–Kier alpha value is -1.32. The lowest BCUT2D eigenvalue weighted by Crippen LogP contribution is -2.17. The molecular formula is C9H12N4OS. The lowest BCUT2D eigenvalue weighted by molar-refractivity contribution is 0.208. The summed E-state index contributed by atoms with van der Waals surface area (Å²) < 4.78 is 0. The molecule has 0 aromatic carbocycles. The van der Waals surface area contributed by atoms with Crippen molar-refractivity contribution in [2.45, 2.75) is 18.1 Å². The Morgan fingerprint density at radius 2 is 2.40 bits per heavy atom. The molecule has 0 aliphatic carbocycles. The largest absolute Gasteiger partial charge is 0.392 e. The minimum Gasteiger partial charge on any atom is -0.392 e. The van der Waals surface area contributed by atoms with Crippen LogP contribution in [0.5, 0.6) is 0 Å². The van der Waals surface area contributed by atoms with Gasteiger partial charge in [-0.25, -0.2) is 9.97 Å². The Labute approximate surface area is 92.6 Å². The van der Waals surface area contributed by atoms with Gasteiger partial charge in [-0.1, -0.05) is 0 Å². The molecule has 0 radical (unpaired) electrons. The number of nitrogens with zero attached hydrogens (tertiary/aromatic N) is 3. The summed E-state index contributed by atoms with van der Waals surface area (Å²) in [5, 5.41) is 21.6. The third-order valence-electron chi connectivity index (χ3n) is 1.68. The number of rotatable bonds is 4. The third-order valence-corrected chi connectivity index (χ3v) is 2.38. The second-order valence-corrected chi connectivity index (χ2v) is 3.74. The summed E-state index contributed by atoms with van der Waals surface area (Å²) in [5.41, 5.74) is 0.422. The van der Waals surface area contributed by atoms with E-state index in [0.29, 0.717) is 23.0 Å². The predicted molar refractivity (Wildman–Crippen MR) is 58.7 cm³/mol. The van der Waals surface area contributed by atoms with Crippen molar-refractivity contribution in [2.24, 2.45) is 0 Å². The van der Waals surface area contributed by atoms with E-state index in [1.807, 2.05) is 12.3 Å². The highest BCUT2D eigenvalue weighted by Crippen LogP contribution is 2.21. The SMILES string of the molecule is CSc1ncnc(NCC(C)O)c1C#N. The molecule has 6 heteroatoms.